The Hall–Kier alpha value is -1.71. The van der Waals surface area contributed by atoms with Crippen molar-refractivity contribution in [2.75, 3.05) is 51.2 Å². The third-order valence-electron chi connectivity index (χ3n) is 4.30. The molecule has 2 fully saturated rings. The second-order valence-corrected chi connectivity index (χ2v) is 5.57. The SMILES string of the molecule is CN1CCN([C@@H]2CCN(c3nccnc3C#N)C2)CC1. The molecule has 0 spiro atoms. The van der Waals surface area contributed by atoms with E-state index in [1.54, 1.807) is 12.4 Å². The van der Waals surface area contributed by atoms with Crippen LogP contribution in [0.4, 0.5) is 5.82 Å². The van der Waals surface area contributed by atoms with Gasteiger partial charge in [0.1, 0.15) is 6.07 Å². The molecule has 6 heteroatoms. The molecule has 0 aromatic carbocycles. The van der Waals surface area contributed by atoms with Gasteiger partial charge in [-0.05, 0) is 13.5 Å². The van der Waals surface area contributed by atoms with Crippen molar-refractivity contribution >= 4 is 5.82 Å². The van der Waals surface area contributed by atoms with E-state index >= 15 is 0 Å². The van der Waals surface area contributed by atoms with Crippen molar-refractivity contribution in [2.45, 2.75) is 12.5 Å². The maximum atomic E-state index is 9.13. The third kappa shape index (κ3) is 2.60. The first-order valence-electron chi connectivity index (χ1n) is 7.16. The largest absolute Gasteiger partial charge is 0.353 e. The smallest absolute Gasteiger partial charge is 0.183 e. The molecule has 0 bridgehead atoms. The van der Waals surface area contributed by atoms with Crippen LogP contribution < -0.4 is 4.90 Å². The van der Waals surface area contributed by atoms with E-state index < -0.39 is 0 Å². The monoisotopic (exact) mass is 272 g/mol. The molecule has 6 nitrogen and oxygen atoms in total. The third-order valence-corrected chi connectivity index (χ3v) is 4.30. The molecule has 106 valence electrons. The summed E-state index contributed by atoms with van der Waals surface area (Å²) in [6.07, 6.45) is 4.39. The molecule has 0 radical (unpaired) electrons. The summed E-state index contributed by atoms with van der Waals surface area (Å²) in [5.41, 5.74) is 0.437. The van der Waals surface area contributed by atoms with E-state index in [2.05, 4.69) is 37.8 Å². The topological polar surface area (TPSA) is 59.3 Å². The van der Waals surface area contributed by atoms with Crippen molar-refractivity contribution < 1.29 is 0 Å². The Balaban J connectivity index is 1.66. The fourth-order valence-corrected chi connectivity index (χ4v) is 3.06. The predicted molar refractivity (Wildman–Crippen MR) is 76.4 cm³/mol. The fraction of sp³-hybridized carbons (Fsp3) is 0.643. The molecule has 2 aliphatic heterocycles. The van der Waals surface area contributed by atoms with Gasteiger partial charge < -0.3 is 9.80 Å². The molecule has 2 saturated heterocycles. The predicted octanol–water partition coefficient (Wildman–Crippen LogP) is 0.174. The molecule has 0 saturated carbocycles. The number of nitrogens with zero attached hydrogens (tertiary/aromatic N) is 6. The molecular formula is C14H20N6. The molecule has 2 aliphatic rings. The van der Waals surface area contributed by atoms with Crippen LogP contribution in [0.2, 0.25) is 0 Å². The molecule has 1 atom stereocenters. The molecule has 3 heterocycles. The second-order valence-electron chi connectivity index (χ2n) is 5.57. The number of nitriles is 1. The zero-order chi connectivity index (χ0) is 13.9. The minimum absolute atomic E-state index is 0.437. The lowest BCUT2D eigenvalue weighted by atomic mass is 10.2. The standard InChI is InChI=1S/C14H20N6/c1-18-6-8-19(9-7-18)12-2-5-20(11-12)14-13(10-15)16-3-4-17-14/h3-4,12H,2,5-9,11H2,1H3/t12-/m1/s1. The van der Waals surface area contributed by atoms with Crippen LogP contribution >= 0.6 is 0 Å². The van der Waals surface area contributed by atoms with Gasteiger partial charge in [-0.15, -0.1) is 0 Å². The van der Waals surface area contributed by atoms with Gasteiger partial charge in [-0.1, -0.05) is 0 Å². The Morgan fingerprint density at radius 1 is 1.15 bits per heavy atom. The summed E-state index contributed by atoms with van der Waals surface area (Å²) in [7, 11) is 2.18. The fourth-order valence-electron chi connectivity index (χ4n) is 3.06. The first-order chi connectivity index (χ1) is 9.78. The van der Waals surface area contributed by atoms with Gasteiger partial charge in [0.25, 0.3) is 0 Å². The highest BCUT2D eigenvalue weighted by Gasteiger charge is 2.31. The van der Waals surface area contributed by atoms with Crippen LogP contribution in [0.1, 0.15) is 12.1 Å². The number of hydrogen-bond donors (Lipinski definition) is 0. The number of rotatable bonds is 2. The molecule has 0 aliphatic carbocycles. The van der Waals surface area contributed by atoms with Gasteiger partial charge in [0.15, 0.2) is 11.5 Å². The minimum Gasteiger partial charge on any atom is -0.353 e. The minimum atomic E-state index is 0.437. The van der Waals surface area contributed by atoms with Gasteiger partial charge in [0.2, 0.25) is 0 Å². The Morgan fingerprint density at radius 2 is 1.90 bits per heavy atom. The van der Waals surface area contributed by atoms with Gasteiger partial charge in [-0.3, -0.25) is 4.90 Å². The highest BCUT2D eigenvalue weighted by atomic mass is 15.3. The number of piperazine rings is 1. The second kappa shape index (κ2) is 5.73. The van der Waals surface area contributed by atoms with E-state index in [4.69, 9.17) is 5.26 Å². The van der Waals surface area contributed by atoms with Crippen LogP contribution in [-0.2, 0) is 0 Å². The van der Waals surface area contributed by atoms with Crippen molar-refractivity contribution in [1.82, 2.24) is 19.8 Å². The summed E-state index contributed by atoms with van der Waals surface area (Å²) in [6.45, 7) is 6.48. The van der Waals surface area contributed by atoms with E-state index in [0.29, 0.717) is 11.7 Å². The maximum absolute atomic E-state index is 9.13. The number of hydrogen-bond acceptors (Lipinski definition) is 6. The molecule has 0 unspecified atom stereocenters. The molecule has 1 aromatic heterocycles. The molecule has 0 amide bonds. The van der Waals surface area contributed by atoms with Crippen molar-refractivity contribution in [3.8, 4) is 6.07 Å². The lowest BCUT2D eigenvalue weighted by Crippen LogP contribution is -2.49. The van der Waals surface area contributed by atoms with Crippen molar-refractivity contribution in [1.29, 1.82) is 5.26 Å². The number of aromatic nitrogens is 2. The van der Waals surface area contributed by atoms with Crippen molar-refractivity contribution in [2.24, 2.45) is 0 Å². The Morgan fingerprint density at radius 3 is 2.65 bits per heavy atom. The van der Waals surface area contributed by atoms with Crippen LogP contribution in [0.15, 0.2) is 12.4 Å². The highest BCUT2D eigenvalue weighted by molar-refractivity contribution is 5.50. The van der Waals surface area contributed by atoms with E-state index in [1.165, 1.54) is 0 Å². The Kier molecular flexibility index (Phi) is 3.81. The van der Waals surface area contributed by atoms with Crippen molar-refractivity contribution in [3.63, 3.8) is 0 Å². The lowest BCUT2D eigenvalue weighted by Gasteiger charge is -2.36. The summed E-state index contributed by atoms with van der Waals surface area (Å²) in [6, 6.07) is 2.72. The summed E-state index contributed by atoms with van der Waals surface area (Å²) in [5.74, 6) is 0.742. The van der Waals surface area contributed by atoms with E-state index in [0.717, 1.165) is 51.5 Å². The van der Waals surface area contributed by atoms with Gasteiger partial charge in [0.05, 0.1) is 0 Å². The summed E-state index contributed by atoms with van der Waals surface area (Å²) < 4.78 is 0. The normalized spacial score (nSPS) is 24.8. The average Bonchev–Trinajstić information content (AvgIpc) is 2.97. The zero-order valence-corrected chi connectivity index (χ0v) is 11.9. The highest BCUT2D eigenvalue weighted by Crippen LogP contribution is 2.23. The number of likely N-dealkylation sites (N-methyl/N-ethyl adjacent to an activating group) is 1. The molecule has 3 rings (SSSR count). The van der Waals surface area contributed by atoms with Gasteiger partial charge >= 0.3 is 0 Å². The molecule has 0 N–H and O–H groups in total. The summed E-state index contributed by atoms with van der Waals surface area (Å²) in [5, 5.41) is 9.13. The average molecular weight is 272 g/mol. The number of anilines is 1. The Bertz CT molecular complexity index is 503. The van der Waals surface area contributed by atoms with Crippen LogP contribution in [0.3, 0.4) is 0 Å². The van der Waals surface area contributed by atoms with Crippen LogP contribution in [0, 0.1) is 11.3 Å². The first-order valence-corrected chi connectivity index (χ1v) is 7.16. The Labute approximate surface area is 119 Å². The summed E-state index contributed by atoms with van der Waals surface area (Å²) in [4.78, 5) is 15.6. The van der Waals surface area contributed by atoms with Crippen LogP contribution in [0.25, 0.3) is 0 Å². The van der Waals surface area contributed by atoms with E-state index in [-0.39, 0.29) is 0 Å². The maximum Gasteiger partial charge on any atom is 0.183 e. The first kappa shape index (κ1) is 13.3. The summed E-state index contributed by atoms with van der Waals surface area (Å²) >= 11 is 0. The molecule has 1 aromatic rings. The quantitative estimate of drug-likeness (QED) is 0.765. The van der Waals surface area contributed by atoms with Crippen LogP contribution in [0.5, 0.6) is 0 Å². The van der Waals surface area contributed by atoms with Gasteiger partial charge in [-0.2, -0.15) is 5.26 Å². The van der Waals surface area contributed by atoms with Gasteiger partial charge in [-0.25, -0.2) is 9.97 Å². The molecule has 20 heavy (non-hydrogen) atoms. The van der Waals surface area contributed by atoms with E-state index in [9.17, 15) is 0 Å². The molecular weight excluding hydrogens is 252 g/mol. The zero-order valence-electron chi connectivity index (χ0n) is 11.9. The lowest BCUT2D eigenvalue weighted by molar-refractivity contribution is 0.120. The van der Waals surface area contributed by atoms with Crippen LogP contribution in [-0.4, -0.2) is 72.1 Å². The van der Waals surface area contributed by atoms with Gasteiger partial charge in [0, 0.05) is 57.7 Å². The van der Waals surface area contributed by atoms with E-state index in [1.807, 2.05) is 0 Å². The van der Waals surface area contributed by atoms with Crippen molar-refractivity contribution in [3.05, 3.63) is 18.1 Å².